The number of alkyl halides is 1. The second-order valence-corrected chi connectivity index (χ2v) is 3.44. The SMILES string of the molecule is COC(=O)c1cccc([C@@H](Cl)C(=O)OC)c1. The van der Waals surface area contributed by atoms with Crippen LogP contribution in [-0.4, -0.2) is 26.2 Å². The number of hydrogen-bond acceptors (Lipinski definition) is 4. The standard InChI is InChI=1S/C11H11ClO4/c1-15-10(13)8-5-3-4-7(6-8)9(12)11(14)16-2/h3-6,9H,1-2H3/t9-/m1/s1. The van der Waals surface area contributed by atoms with Crippen molar-refractivity contribution in [2.45, 2.75) is 5.38 Å². The van der Waals surface area contributed by atoms with Gasteiger partial charge in [0.2, 0.25) is 0 Å². The van der Waals surface area contributed by atoms with Gasteiger partial charge in [-0.3, -0.25) is 4.79 Å². The molecule has 0 heterocycles. The van der Waals surface area contributed by atoms with Crippen molar-refractivity contribution < 1.29 is 19.1 Å². The molecule has 5 heteroatoms. The zero-order valence-corrected chi connectivity index (χ0v) is 9.65. The Morgan fingerprint density at radius 3 is 2.50 bits per heavy atom. The summed E-state index contributed by atoms with van der Waals surface area (Å²) in [4.78, 5) is 22.4. The van der Waals surface area contributed by atoms with Crippen LogP contribution in [0.15, 0.2) is 24.3 Å². The second-order valence-electron chi connectivity index (χ2n) is 3.00. The Balaban J connectivity index is 2.98. The maximum absolute atomic E-state index is 11.2. The number of carbonyl (C=O) groups is 2. The minimum Gasteiger partial charge on any atom is -0.468 e. The fourth-order valence-electron chi connectivity index (χ4n) is 1.18. The first-order valence-corrected chi connectivity index (χ1v) is 4.94. The van der Waals surface area contributed by atoms with E-state index in [4.69, 9.17) is 11.6 Å². The van der Waals surface area contributed by atoms with Gasteiger partial charge in [0.05, 0.1) is 19.8 Å². The van der Waals surface area contributed by atoms with Crippen LogP contribution in [0.25, 0.3) is 0 Å². The van der Waals surface area contributed by atoms with Crippen molar-refractivity contribution in [3.8, 4) is 0 Å². The highest BCUT2D eigenvalue weighted by Gasteiger charge is 2.19. The Kier molecular flexibility index (Phi) is 4.31. The first kappa shape index (κ1) is 12.5. The molecule has 0 aliphatic rings. The maximum atomic E-state index is 11.2. The molecule has 0 radical (unpaired) electrons. The van der Waals surface area contributed by atoms with Crippen LogP contribution in [0.1, 0.15) is 21.3 Å². The highest BCUT2D eigenvalue weighted by atomic mass is 35.5. The molecular formula is C11H11ClO4. The van der Waals surface area contributed by atoms with E-state index in [1.165, 1.54) is 20.3 Å². The summed E-state index contributed by atoms with van der Waals surface area (Å²) in [6.45, 7) is 0. The minimum absolute atomic E-state index is 0.342. The summed E-state index contributed by atoms with van der Waals surface area (Å²) in [5.74, 6) is -1.04. The zero-order chi connectivity index (χ0) is 12.1. The molecule has 0 amide bonds. The highest BCUT2D eigenvalue weighted by molar-refractivity contribution is 6.30. The van der Waals surface area contributed by atoms with Gasteiger partial charge in [-0.15, -0.1) is 11.6 Å². The van der Waals surface area contributed by atoms with Gasteiger partial charge in [-0.2, -0.15) is 0 Å². The lowest BCUT2D eigenvalue weighted by Crippen LogP contribution is -2.10. The smallest absolute Gasteiger partial charge is 0.337 e. The Hall–Kier alpha value is -1.55. The Morgan fingerprint density at radius 1 is 1.25 bits per heavy atom. The number of halogens is 1. The summed E-state index contributed by atoms with van der Waals surface area (Å²) in [6.07, 6.45) is 0. The molecule has 0 unspecified atom stereocenters. The topological polar surface area (TPSA) is 52.6 Å². The molecule has 0 bridgehead atoms. The van der Waals surface area contributed by atoms with Gasteiger partial charge in [0.15, 0.2) is 5.38 Å². The summed E-state index contributed by atoms with van der Waals surface area (Å²) in [7, 11) is 2.54. The molecule has 0 saturated heterocycles. The van der Waals surface area contributed by atoms with Crippen molar-refractivity contribution in [2.75, 3.05) is 14.2 Å². The lowest BCUT2D eigenvalue weighted by atomic mass is 10.1. The third kappa shape index (κ3) is 2.73. The summed E-state index contributed by atoms with van der Waals surface area (Å²) >= 11 is 5.85. The van der Waals surface area contributed by atoms with Crippen molar-refractivity contribution in [3.05, 3.63) is 35.4 Å². The molecular weight excluding hydrogens is 232 g/mol. The average Bonchev–Trinajstić information content (AvgIpc) is 2.36. The summed E-state index contributed by atoms with van der Waals surface area (Å²) in [6, 6.07) is 6.34. The molecule has 1 aromatic carbocycles. The number of carbonyl (C=O) groups excluding carboxylic acids is 2. The van der Waals surface area contributed by atoms with Crippen LogP contribution >= 0.6 is 11.6 Å². The van der Waals surface area contributed by atoms with Gasteiger partial charge in [-0.05, 0) is 17.7 Å². The van der Waals surface area contributed by atoms with E-state index >= 15 is 0 Å². The molecule has 0 saturated carbocycles. The molecule has 4 nitrogen and oxygen atoms in total. The number of rotatable bonds is 3. The van der Waals surface area contributed by atoms with E-state index in [0.29, 0.717) is 11.1 Å². The van der Waals surface area contributed by atoms with Crippen LogP contribution in [0, 0.1) is 0 Å². The van der Waals surface area contributed by atoms with Crippen LogP contribution in [0.4, 0.5) is 0 Å². The molecule has 1 rings (SSSR count). The van der Waals surface area contributed by atoms with Crippen LogP contribution in [-0.2, 0) is 14.3 Å². The van der Waals surface area contributed by atoms with E-state index in [0.717, 1.165) is 0 Å². The zero-order valence-electron chi connectivity index (χ0n) is 8.90. The predicted octanol–water partition coefficient (Wildman–Crippen LogP) is 1.93. The van der Waals surface area contributed by atoms with Gasteiger partial charge in [0, 0.05) is 0 Å². The molecule has 0 aliphatic carbocycles. The molecule has 0 aliphatic heterocycles. The first-order valence-electron chi connectivity index (χ1n) is 4.50. The lowest BCUT2D eigenvalue weighted by Gasteiger charge is -2.08. The van der Waals surface area contributed by atoms with E-state index < -0.39 is 17.3 Å². The molecule has 0 fully saturated rings. The fourth-order valence-corrected chi connectivity index (χ4v) is 1.41. The van der Waals surface area contributed by atoms with Gasteiger partial charge >= 0.3 is 11.9 Å². The highest BCUT2D eigenvalue weighted by Crippen LogP contribution is 2.22. The average molecular weight is 243 g/mol. The number of esters is 2. The molecule has 1 atom stereocenters. The normalized spacial score (nSPS) is 11.7. The van der Waals surface area contributed by atoms with E-state index in [-0.39, 0.29) is 0 Å². The molecule has 16 heavy (non-hydrogen) atoms. The predicted molar refractivity (Wildman–Crippen MR) is 58.4 cm³/mol. The van der Waals surface area contributed by atoms with E-state index in [1.54, 1.807) is 18.2 Å². The third-order valence-corrected chi connectivity index (χ3v) is 2.44. The molecule has 0 spiro atoms. The van der Waals surface area contributed by atoms with Crippen molar-refractivity contribution in [2.24, 2.45) is 0 Å². The van der Waals surface area contributed by atoms with Crippen molar-refractivity contribution in [3.63, 3.8) is 0 Å². The number of hydrogen-bond donors (Lipinski definition) is 0. The number of ether oxygens (including phenoxy) is 2. The summed E-state index contributed by atoms with van der Waals surface area (Å²) in [5, 5.41) is -0.922. The maximum Gasteiger partial charge on any atom is 0.337 e. The fraction of sp³-hybridized carbons (Fsp3) is 0.273. The largest absolute Gasteiger partial charge is 0.468 e. The van der Waals surface area contributed by atoms with E-state index in [1.807, 2.05) is 0 Å². The van der Waals surface area contributed by atoms with Crippen LogP contribution in [0.3, 0.4) is 0 Å². The van der Waals surface area contributed by atoms with Crippen LogP contribution in [0.5, 0.6) is 0 Å². The van der Waals surface area contributed by atoms with Crippen LogP contribution < -0.4 is 0 Å². The monoisotopic (exact) mass is 242 g/mol. The van der Waals surface area contributed by atoms with Gasteiger partial charge in [0.1, 0.15) is 0 Å². The number of benzene rings is 1. The Bertz CT molecular complexity index is 403. The van der Waals surface area contributed by atoms with Gasteiger partial charge in [0.25, 0.3) is 0 Å². The third-order valence-electron chi connectivity index (χ3n) is 2.01. The van der Waals surface area contributed by atoms with Crippen LogP contribution in [0.2, 0.25) is 0 Å². The van der Waals surface area contributed by atoms with Crippen molar-refractivity contribution in [1.82, 2.24) is 0 Å². The molecule has 0 N–H and O–H groups in total. The van der Waals surface area contributed by atoms with E-state index in [2.05, 4.69) is 9.47 Å². The van der Waals surface area contributed by atoms with Crippen molar-refractivity contribution in [1.29, 1.82) is 0 Å². The summed E-state index contributed by atoms with van der Waals surface area (Å²) in [5.41, 5.74) is 0.839. The van der Waals surface area contributed by atoms with E-state index in [9.17, 15) is 9.59 Å². The molecule has 0 aromatic heterocycles. The molecule has 86 valence electrons. The second kappa shape index (κ2) is 5.51. The Morgan fingerprint density at radius 2 is 1.94 bits per heavy atom. The summed E-state index contributed by atoms with van der Waals surface area (Å²) < 4.78 is 9.07. The van der Waals surface area contributed by atoms with Crippen molar-refractivity contribution >= 4 is 23.5 Å². The van der Waals surface area contributed by atoms with Gasteiger partial charge in [-0.1, -0.05) is 12.1 Å². The number of methoxy groups -OCH3 is 2. The molecule has 1 aromatic rings. The Labute approximate surface area is 98.1 Å². The lowest BCUT2D eigenvalue weighted by molar-refractivity contribution is -0.140. The van der Waals surface area contributed by atoms with Gasteiger partial charge in [-0.25, -0.2) is 4.79 Å². The first-order chi connectivity index (χ1) is 7.60. The quantitative estimate of drug-likeness (QED) is 0.600. The minimum atomic E-state index is -0.922. The van der Waals surface area contributed by atoms with Gasteiger partial charge < -0.3 is 9.47 Å².